The van der Waals surface area contributed by atoms with Gasteiger partial charge in [0.1, 0.15) is 5.82 Å². The largest absolute Gasteiger partial charge is 0.381 e. The number of nitrogens with zero attached hydrogens (tertiary/aromatic N) is 3. The maximum Gasteiger partial charge on any atom is 0.259 e. The smallest absolute Gasteiger partial charge is 0.259 e. The van der Waals surface area contributed by atoms with Crippen molar-refractivity contribution in [3.05, 3.63) is 48.4 Å². The van der Waals surface area contributed by atoms with Gasteiger partial charge in [-0.2, -0.15) is 0 Å². The SMILES string of the molecule is CN(C(=O)c1cccnc1)c1ccc(NC2CCOCC2)nc1. The molecule has 1 fully saturated rings. The number of nitrogens with one attached hydrogen (secondary N) is 1. The van der Waals surface area contributed by atoms with E-state index in [1.54, 1.807) is 42.7 Å². The highest BCUT2D eigenvalue weighted by Crippen LogP contribution is 2.18. The normalized spacial score (nSPS) is 15.2. The topological polar surface area (TPSA) is 67.4 Å². The van der Waals surface area contributed by atoms with Crippen molar-refractivity contribution >= 4 is 17.4 Å². The third-order valence-corrected chi connectivity index (χ3v) is 3.92. The lowest BCUT2D eigenvalue weighted by Gasteiger charge is -2.24. The van der Waals surface area contributed by atoms with E-state index in [0.717, 1.165) is 37.6 Å². The number of aromatic nitrogens is 2. The van der Waals surface area contributed by atoms with Crippen LogP contribution in [0.25, 0.3) is 0 Å². The summed E-state index contributed by atoms with van der Waals surface area (Å²) in [6.45, 7) is 1.58. The zero-order chi connectivity index (χ0) is 16.1. The Morgan fingerprint density at radius 3 is 2.74 bits per heavy atom. The Morgan fingerprint density at radius 1 is 1.26 bits per heavy atom. The fraction of sp³-hybridized carbons (Fsp3) is 0.353. The molecular formula is C17H20N4O2. The van der Waals surface area contributed by atoms with Gasteiger partial charge in [-0.05, 0) is 37.1 Å². The van der Waals surface area contributed by atoms with Crippen LogP contribution in [-0.4, -0.2) is 42.2 Å². The molecule has 0 aliphatic carbocycles. The van der Waals surface area contributed by atoms with Crippen LogP contribution in [-0.2, 0) is 4.74 Å². The number of anilines is 2. The van der Waals surface area contributed by atoms with Crippen molar-refractivity contribution in [1.29, 1.82) is 0 Å². The summed E-state index contributed by atoms with van der Waals surface area (Å²) < 4.78 is 5.35. The predicted molar refractivity (Wildman–Crippen MR) is 88.7 cm³/mol. The Balaban J connectivity index is 1.65. The van der Waals surface area contributed by atoms with Crippen molar-refractivity contribution in [3.8, 4) is 0 Å². The van der Waals surface area contributed by atoms with Gasteiger partial charge < -0.3 is 15.0 Å². The van der Waals surface area contributed by atoms with Gasteiger partial charge in [0, 0.05) is 38.7 Å². The number of amides is 1. The Labute approximate surface area is 135 Å². The van der Waals surface area contributed by atoms with E-state index in [1.165, 1.54) is 0 Å². The van der Waals surface area contributed by atoms with Crippen LogP contribution in [0, 0.1) is 0 Å². The molecule has 0 aromatic carbocycles. The molecule has 2 aromatic heterocycles. The first-order valence-corrected chi connectivity index (χ1v) is 7.72. The van der Waals surface area contributed by atoms with Gasteiger partial charge in [-0.25, -0.2) is 4.98 Å². The maximum atomic E-state index is 12.4. The summed E-state index contributed by atoms with van der Waals surface area (Å²) in [5, 5.41) is 3.40. The molecule has 1 amide bonds. The van der Waals surface area contributed by atoms with E-state index in [9.17, 15) is 4.79 Å². The highest BCUT2D eigenvalue weighted by atomic mass is 16.5. The van der Waals surface area contributed by atoms with Crippen LogP contribution < -0.4 is 10.2 Å². The van der Waals surface area contributed by atoms with E-state index in [0.29, 0.717) is 11.6 Å². The van der Waals surface area contributed by atoms with Gasteiger partial charge in [-0.15, -0.1) is 0 Å². The number of ether oxygens (including phenoxy) is 1. The summed E-state index contributed by atoms with van der Waals surface area (Å²) in [4.78, 5) is 22.3. The molecular weight excluding hydrogens is 292 g/mol. The van der Waals surface area contributed by atoms with Gasteiger partial charge in [-0.1, -0.05) is 0 Å². The van der Waals surface area contributed by atoms with E-state index in [-0.39, 0.29) is 5.91 Å². The maximum absolute atomic E-state index is 12.4. The third-order valence-electron chi connectivity index (χ3n) is 3.92. The van der Waals surface area contributed by atoms with Gasteiger partial charge in [0.05, 0.1) is 17.4 Å². The Kier molecular flexibility index (Phi) is 4.83. The van der Waals surface area contributed by atoms with Crippen LogP contribution in [0.3, 0.4) is 0 Å². The molecule has 0 spiro atoms. The number of carbonyl (C=O) groups excluding carboxylic acids is 1. The summed E-state index contributed by atoms with van der Waals surface area (Å²) >= 11 is 0. The van der Waals surface area contributed by atoms with Crippen molar-refractivity contribution in [1.82, 2.24) is 9.97 Å². The van der Waals surface area contributed by atoms with Crippen molar-refractivity contribution < 1.29 is 9.53 Å². The monoisotopic (exact) mass is 312 g/mol. The van der Waals surface area contributed by atoms with E-state index < -0.39 is 0 Å². The Bertz CT molecular complexity index is 639. The van der Waals surface area contributed by atoms with Crippen molar-refractivity contribution in [2.75, 3.05) is 30.5 Å². The average molecular weight is 312 g/mol. The first-order chi connectivity index (χ1) is 11.2. The standard InChI is InChI=1S/C17H20N4O2/c1-21(17(22)13-3-2-8-18-11-13)15-4-5-16(19-12-15)20-14-6-9-23-10-7-14/h2-5,8,11-12,14H,6-7,9-10H2,1H3,(H,19,20). The second kappa shape index (κ2) is 7.19. The highest BCUT2D eigenvalue weighted by Gasteiger charge is 2.16. The van der Waals surface area contributed by atoms with Crippen LogP contribution in [0.5, 0.6) is 0 Å². The molecule has 23 heavy (non-hydrogen) atoms. The summed E-state index contributed by atoms with van der Waals surface area (Å²) in [5.74, 6) is 0.716. The van der Waals surface area contributed by atoms with Crippen LogP contribution in [0.2, 0.25) is 0 Å². The van der Waals surface area contributed by atoms with E-state index in [1.807, 2.05) is 12.1 Å². The lowest BCUT2D eigenvalue weighted by Crippen LogP contribution is -2.28. The number of carbonyl (C=O) groups is 1. The summed E-state index contributed by atoms with van der Waals surface area (Å²) in [5.41, 5.74) is 1.30. The number of pyridine rings is 2. The van der Waals surface area contributed by atoms with Crippen molar-refractivity contribution in [3.63, 3.8) is 0 Å². The Morgan fingerprint density at radius 2 is 2.09 bits per heavy atom. The molecule has 6 nitrogen and oxygen atoms in total. The molecule has 3 heterocycles. The zero-order valence-electron chi connectivity index (χ0n) is 13.1. The molecule has 0 saturated carbocycles. The van der Waals surface area contributed by atoms with Gasteiger partial charge >= 0.3 is 0 Å². The first-order valence-electron chi connectivity index (χ1n) is 7.72. The molecule has 0 bridgehead atoms. The molecule has 0 radical (unpaired) electrons. The number of hydrogen-bond acceptors (Lipinski definition) is 5. The lowest BCUT2D eigenvalue weighted by atomic mass is 10.1. The van der Waals surface area contributed by atoms with E-state index in [4.69, 9.17) is 4.74 Å². The van der Waals surface area contributed by atoms with Crippen molar-refractivity contribution in [2.24, 2.45) is 0 Å². The van der Waals surface area contributed by atoms with E-state index >= 15 is 0 Å². The number of hydrogen-bond donors (Lipinski definition) is 1. The second-order valence-electron chi connectivity index (χ2n) is 5.54. The van der Waals surface area contributed by atoms with Crippen molar-refractivity contribution in [2.45, 2.75) is 18.9 Å². The molecule has 0 atom stereocenters. The van der Waals surface area contributed by atoms with Crippen LogP contribution >= 0.6 is 0 Å². The number of rotatable bonds is 4. The zero-order valence-corrected chi connectivity index (χ0v) is 13.1. The molecule has 1 aliphatic rings. The quantitative estimate of drug-likeness (QED) is 0.938. The minimum Gasteiger partial charge on any atom is -0.381 e. The molecule has 6 heteroatoms. The van der Waals surface area contributed by atoms with Crippen LogP contribution in [0.1, 0.15) is 23.2 Å². The average Bonchev–Trinajstić information content (AvgIpc) is 2.63. The second-order valence-corrected chi connectivity index (χ2v) is 5.54. The Hall–Kier alpha value is -2.47. The fourth-order valence-corrected chi connectivity index (χ4v) is 2.52. The summed E-state index contributed by atoms with van der Waals surface area (Å²) in [6.07, 6.45) is 6.89. The fourth-order valence-electron chi connectivity index (χ4n) is 2.52. The van der Waals surface area contributed by atoms with Gasteiger partial charge in [-0.3, -0.25) is 9.78 Å². The van der Waals surface area contributed by atoms with Gasteiger partial charge in [0.25, 0.3) is 5.91 Å². The summed E-state index contributed by atoms with van der Waals surface area (Å²) in [7, 11) is 1.73. The van der Waals surface area contributed by atoms with Crippen LogP contribution in [0.15, 0.2) is 42.9 Å². The molecule has 1 N–H and O–H groups in total. The van der Waals surface area contributed by atoms with Gasteiger partial charge in [0.15, 0.2) is 0 Å². The molecule has 0 unspecified atom stereocenters. The third kappa shape index (κ3) is 3.84. The van der Waals surface area contributed by atoms with E-state index in [2.05, 4.69) is 15.3 Å². The summed E-state index contributed by atoms with van der Waals surface area (Å²) in [6, 6.07) is 7.69. The minimum absolute atomic E-state index is 0.106. The first kappa shape index (κ1) is 15.4. The molecule has 1 saturated heterocycles. The highest BCUT2D eigenvalue weighted by molar-refractivity contribution is 6.05. The molecule has 2 aromatic rings. The minimum atomic E-state index is -0.106. The molecule has 1 aliphatic heterocycles. The predicted octanol–water partition coefficient (Wildman–Crippen LogP) is 2.34. The molecule has 3 rings (SSSR count). The van der Waals surface area contributed by atoms with Gasteiger partial charge in [0.2, 0.25) is 0 Å². The van der Waals surface area contributed by atoms with Crippen LogP contribution in [0.4, 0.5) is 11.5 Å². The molecule has 120 valence electrons. The lowest BCUT2D eigenvalue weighted by molar-refractivity contribution is 0.0903.